The van der Waals surface area contributed by atoms with Gasteiger partial charge in [0.15, 0.2) is 0 Å². The van der Waals surface area contributed by atoms with Crippen LogP contribution in [0.4, 0.5) is 0 Å². The molecular weight excluding hydrogens is 402 g/mol. The van der Waals surface area contributed by atoms with E-state index in [1.165, 1.54) is 49.5 Å². The highest BCUT2D eigenvalue weighted by Crippen LogP contribution is 2.24. The van der Waals surface area contributed by atoms with Gasteiger partial charge in [-0.2, -0.15) is 5.10 Å². The van der Waals surface area contributed by atoms with E-state index in [0.29, 0.717) is 13.2 Å². The van der Waals surface area contributed by atoms with Crippen molar-refractivity contribution in [2.75, 3.05) is 20.3 Å². The SMILES string of the molecule is C/C=C/COc1cc(C)c(CCCCCCCOc2cc(/C(C)=N/OC)nn2C)c(C)c1. The van der Waals surface area contributed by atoms with Crippen LogP contribution in [0.1, 0.15) is 68.3 Å². The van der Waals surface area contributed by atoms with Crippen LogP contribution in [-0.2, 0) is 18.3 Å². The van der Waals surface area contributed by atoms with Gasteiger partial charge in [-0.25, -0.2) is 4.68 Å². The molecule has 2 rings (SSSR count). The van der Waals surface area contributed by atoms with Crippen LogP contribution in [-0.4, -0.2) is 35.8 Å². The first-order chi connectivity index (χ1) is 15.5. The lowest BCUT2D eigenvalue weighted by Crippen LogP contribution is -2.03. The zero-order valence-electron chi connectivity index (χ0n) is 20.6. The minimum Gasteiger partial charge on any atom is -0.490 e. The fourth-order valence-corrected chi connectivity index (χ4v) is 3.73. The highest BCUT2D eigenvalue weighted by atomic mass is 16.6. The van der Waals surface area contributed by atoms with E-state index in [2.05, 4.69) is 36.2 Å². The quantitative estimate of drug-likeness (QED) is 0.158. The topological polar surface area (TPSA) is 57.9 Å². The van der Waals surface area contributed by atoms with E-state index in [-0.39, 0.29) is 0 Å². The van der Waals surface area contributed by atoms with Crippen LogP contribution in [0, 0.1) is 13.8 Å². The van der Waals surface area contributed by atoms with Gasteiger partial charge in [-0.15, -0.1) is 0 Å². The van der Waals surface area contributed by atoms with Gasteiger partial charge in [-0.1, -0.05) is 36.6 Å². The van der Waals surface area contributed by atoms with Crippen molar-refractivity contribution in [2.24, 2.45) is 12.2 Å². The summed E-state index contributed by atoms with van der Waals surface area (Å²) >= 11 is 0. The standard InChI is InChI=1S/C26H39N3O3/c1-7-8-15-31-23-17-20(2)24(21(3)18-23)14-12-10-9-11-13-16-32-26-19-25(27-29(26)5)22(4)28-30-6/h7-8,17-19H,9-16H2,1-6H3/b8-7+,28-22+. The van der Waals surface area contributed by atoms with Crippen LogP contribution >= 0.6 is 0 Å². The number of allylic oxidation sites excluding steroid dienone is 1. The molecule has 176 valence electrons. The Labute approximate surface area is 193 Å². The zero-order chi connectivity index (χ0) is 23.3. The molecule has 0 aliphatic carbocycles. The van der Waals surface area contributed by atoms with Crippen LogP contribution in [0.25, 0.3) is 0 Å². The van der Waals surface area contributed by atoms with E-state index in [4.69, 9.17) is 14.3 Å². The van der Waals surface area contributed by atoms with Gasteiger partial charge in [0.2, 0.25) is 5.88 Å². The summed E-state index contributed by atoms with van der Waals surface area (Å²) in [5, 5.41) is 8.32. The smallest absolute Gasteiger partial charge is 0.212 e. The van der Waals surface area contributed by atoms with E-state index in [0.717, 1.165) is 35.9 Å². The number of aromatic nitrogens is 2. The lowest BCUT2D eigenvalue weighted by atomic mass is 9.96. The van der Waals surface area contributed by atoms with Crippen molar-refractivity contribution < 1.29 is 14.3 Å². The largest absolute Gasteiger partial charge is 0.490 e. The van der Waals surface area contributed by atoms with Gasteiger partial charge >= 0.3 is 0 Å². The van der Waals surface area contributed by atoms with E-state index in [1.54, 1.807) is 4.68 Å². The zero-order valence-corrected chi connectivity index (χ0v) is 20.6. The van der Waals surface area contributed by atoms with Gasteiger partial charge in [0.1, 0.15) is 30.9 Å². The fourth-order valence-electron chi connectivity index (χ4n) is 3.73. The number of nitrogens with zero attached hydrogens (tertiary/aromatic N) is 3. The van der Waals surface area contributed by atoms with Crippen molar-refractivity contribution in [2.45, 2.75) is 66.2 Å². The highest BCUT2D eigenvalue weighted by Gasteiger charge is 2.09. The summed E-state index contributed by atoms with van der Waals surface area (Å²) in [6.45, 7) is 9.58. The number of hydrogen-bond acceptors (Lipinski definition) is 5. The number of benzene rings is 1. The van der Waals surface area contributed by atoms with Gasteiger partial charge in [-0.05, 0) is 75.8 Å². The van der Waals surface area contributed by atoms with Crippen LogP contribution in [0.15, 0.2) is 35.5 Å². The second-order valence-corrected chi connectivity index (χ2v) is 8.13. The van der Waals surface area contributed by atoms with Crippen molar-refractivity contribution in [3.8, 4) is 11.6 Å². The summed E-state index contributed by atoms with van der Waals surface area (Å²) in [6, 6.07) is 6.23. The number of hydrogen-bond donors (Lipinski definition) is 0. The molecule has 32 heavy (non-hydrogen) atoms. The average Bonchev–Trinajstić information content (AvgIpc) is 3.12. The highest BCUT2D eigenvalue weighted by molar-refractivity contribution is 5.96. The molecule has 1 aromatic carbocycles. The monoisotopic (exact) mass is 441 g/mol. The summed E-state index contributed by atoms with van der Waals surface area (Å²) in [4.78, 5) is 4.81. The third kappa shape index (κ3) is 8.06. The molecule has 0 N–H and O–H groups in total. The Morgan fingerprint density at radius 2 is 1.72 bits per heavy atom. The Kier molecular flexibility index (Phi) is 10.8. The number of oxime groups is 1. The summed E-state index contributed by atoms with van der Waals surface area (Å²) in [5.74, 6) is 1.72. The van der Waals surface area contributed by atoms with Gasteiger partial charge in [0, 0.05) is 13.1 Å². The maximum absolute atomic E-state index is 5.89. The van der Waals surface area contributed by atoms with Crippen LogP contribution in [0.2, 0.25) is 0 Å². The molecule has 1 heterocycles. The van der Waals surface area contributed by atoms with Gasteiger partial charge < -0.3 is 14.3 Å². The third-order valence-corrected chi connectivity index (χ3v) is 5.51. The Morgan fingerprint density at radius 1 is 1.03 bits per heavy atom. The van der Waals surface area contributed by atoms with Crippen molar-refractivity contribution in [1.82, 2.24) is 9.78 Å². The second-order valence-electron chi connectivity index (χ2n) is 8.13. The lowest BCUT2D eigenvalue weighted by molar-refractivity contribution is 0.213. The number of unbranched alkanes of at least 4 members (excludes halogenated alkanes) is 4. The van der Waals surface area contributed by atoms with Gasteiger partial charge in [0.25, 0.3) is 0 Å². The molecule has 0 unspecified atom stereocenters. The molecule has 0 aliphatic rings. The summed E-state index contributed by atoms with van der Waals surface area (Å²) in [5.41, 5.74) is 5.63. The molecule has 0 aliphatic heterocycles. The van der Waals surface area contributed by atoms with Crippen molar-refractivity contribution in [3.63, 3.8) is 0 Å². The molecule has 2 aromatic rings. The molecule has 0 bridgehead atoms. The van der Waals surface area contributed by atoms with Gasteiger partial charge in [-0.3, -0.25) is 0 Å². The number of aryl methyl sites for hydroxylation is 3. The predicted octanol–water partition coefficient (Wildman–Crippen LogP) is 5.93. The van der Waals surface area contributed by atoms with E-state index in [1.807, 2.05) is 39.1 Å². The normalized spacial score (nSPS) is 11.9. The number of rotatable bonds is 14. The molecule has 0 atom stereocenters. The van der Waals surface area contributed by atoms with Crippen molar-refractivity contribution in [3.05, 3.63) is 52.7 Å². The second kappa shape index (κ2) is 13.6. The Balaban J connectivity index is 1.65. The van der Waals surface area contributed by atoms with E-state index < -0.39 is 0 Å². The van der Waals surface area contributed by atoms with E-state index >= 15 is 0 Å². The first-order valence-corrected chi connectivity index (χ1v) is 11.5. The minimum absolute atomic E-state index is 0.627. The molecular formula is C26H39N3O3. The maximum atomic E-state index is 5.89. The molecule has 6 nitrogen and oxygen atoms in total. The lowest BCUT2D eigenvalue weighted by Gasteiger charge is -2.13. The van der Waals surface area contributed by atoms with Crippen LogP contribution in [0.5, 0.6) is 11.6 Å². The molecule has 6 heteroatoms. The molecule has 1 aromatic heterocycles. The Bertz CT molecular complexity index is 877. The molecule has 0 saturated carbocycles. The average molecular weight is 442 g/mol. The van der Waals surface area contributed by atoms with Crippen molar-refractivity contribution >= 4 is 5.71 Å². The first-order valence-electron chi connectivity index (χ1n) is 11.5. The first kappa shape index (κ1) is 25.5. The molecule has 0 amide bonds. The molecule has 0 fully saturated rings. The third-order valence-electron chi connectivity index (χ3n) is 5.51. The van der Waals surface area contributed by atoms with Crippen LogP contribution in [0.3, 0.4) is 0 Å². The predicted molar refractivity (Wildman–Crippen MR) is 131 cm³/mol. The maximum Gasteiger partial charge on any atom is 0.212 e. The fraction of sp³-hybridized carbons (Fsp3) is 0.538. The summed E-state index contributed by atoms with van der Waals surface area (Å²) < 4.78 is 13.4. The van der Waals surface area contributed by atoms with Crippen LogP contribution < -0.4 is 9.47 Å². The number of ether oxygens (including phenoxy) is 2. The Hall–Kier alpha value is -2.76. The van der Waals surface area contributed by atoms with E-state index in [9.17, 15) is 0 Å². The molecule has 0 radical (unpaired) electrons. The summed E-state index contributed by atoms with van der Waals surface area (Å²) in [7, 11) is 3.41. The molecule has 0 saturated heterocycles. The minimum atomic E-state index is 0.627. The van der Waals surface area contributed by atoms with Crippen molar-refractivity contribution in [1.29, 1.82) is 0 Å². The molecule has 0 spiro atoms. The summed E-state index contributed by atoms with van der Waals surface area (Å²) in [6.07, 6.45) is 11.1. The Morgan fingerprint density at radius 3 is 2.41 bits per heavy atom. The van der Waals surface area contributed by atoms with Gasteiger partial charge in [0.05, 0.1) is 6.61 Å².